The van der Waals surface area contributed by atoms with Crippen LogP contribution in [0.3, 0.4) is 0 Å². The van der Waals surface area contributed by atoms with E-state index in [0.717, 1.165) is 68.3 Å². The van der Waals surface area contributed by atoms with Crippen LogP contribution in [0, 0.1) is 19.8 Å². The smallest absolute Gasteiger partial charge is 0.251 e. The number of nitrogens with zero attached hydrogens (tertiary/aromatic N) is 1. The van der Waals surface area contributed by atoms with Gasteiger partial charge in [-0.2, -0.15) is 0 Å². The molecule has 5 nitrogen and oxygen atoms in total. The summed E-state index contributed by atoms with van der Waals surface area (Å²) in [5.74, 6) is 0.627. The van der Waals surface area contributed by atoms with Gasteiger partial charge in [-0.1, -0.05) is 17.7 Å². The molecule has 2 aliphatic heterocycles. The van der Waals surface area contributed by atoms with E-state index in [-0.39, 0.29) is 17.6 Å². The summed E-state index contributed by atoms with van der Waals surface area (Å²) in [4.78, 5) is 26.8. The van der Waals surface area contributed by atoms with Crippen molar-refractivity contribution in [2.45, 2.75) is 64.1 Å². The van der Waals surface area contributed by atoms with Crippen molar-refractivity contribution in [2.75, 3.05) is 19.6 Å². The standard InChI is InChI=1S/C22H30N2O3/c1-15-3-4-16(2)19(13-15)20(25)23-14-18-7-8-22(27-18)9-11-24(12-10-22)21(26)17-5-6-17/h3-4,13,17-18H,5-12,14H2,1-2H3,(H,23,25). The minimum absolute atomic E-state index is 0.0226. The molecule has 4 rings (SSSR count). The van der Waals surface area contributed by atoms with Crippen molar-refractivity contribution >= 4 is 11.8 Å². The van der Waals surface area contributed by atoms with Crippen LogP contribution in [0.1, 0.15) is 60.0 Å². The second-order valence-electron chi connectivity index (χ2n) is 8.59. The lowest BCUT2D eigenvalue weighted by atomic mass is 9.88. The van der Waals surface area contributed by atoms with Gasteiger partial charge in [-0.15, -0.1) is 0 Å². The molecule has 1 N–H and O–H groups in total. The second kappa shape index (κ2) is 7.27. The molecule has 2 saturated heterocycles. The number of carbonyl (C=O) groups excluding carboxylic acids is 2. The number of carbonyl (C=O) groups is 2. The minimum Gasteiger partial charge on any atom is -0.370 e. The van der Waals surface area contributed by atoms with Gasteiger partial charge in [-0.3, -0.25) is 9.59 Å². The molecule has 27 heavy (non-hydrogen) atoms. The van der Waals surface area contributed by atoms with Crippen LogP contribution in [-0.2, 0) is 9.53 Å². The monoisotopic (exact) mass is 370 g/mol. The van der Waals surface area contributed by atoms with E-state index in [0.29, 0.717) is 18.4 Å². The maximum absolute atomic E-state index is 12.5. The summed E-state index contributed by atoms with van der Waals surface area (Å²) in [5.41, 5.74) is 2.74. The Balaban J connectivity index is 1.27. The molecule has 5 heteroatoms. The van der Waals surface area contributed by atoms with Gasteiger partial charge in [-0.05, 0) is 64.0 Å². The van der Waals surface area contributed by atoms with E-state index in [2.05, 4.69) is 5.32 Å². The SMILES string of the molecule is Cc1ccc(C)c(C(=O)NCC2CCC3(CCN(C(=O)C4CC4)CC3)O2)c1. The summed E-state index contributed by atoms with van der Waals surface area (Å²) in [7, 11) is 0. The first-order valence-corrected chi connectivity index (χ1v) is 10.3. The largest absolute Gasteiger partial charge is 0.370 e. The number of likely N-dealkylation sites (tertiary alicyclic amines) is 1. The van der Waals surface area contributed by atoms with E-state index < -0.39 is 0 Å². The van der Waals surface area contributed by atoms with Gasteiger partial charge >= 0.3 is 0 Å². The van der Waals surface area contributed by atoms with Gasteiger partial charge in [0.15, 0.2) is 0 Å². The second-order valence-corrected chi connectivity index (χ2v) is 8.59. The van der Waals surface area contributed by atoms with Crippen molar-refractivity contribution in [3.8, 4) is 0 Å². The molecule has 1 saturated carbocycles. The summed E-state index contributed by atoms with van der Waals surface area (Å²) in [6, 6.07) is 5.95. The van der Waals surface area contributed by atoms with Crippen LogP contribution in [0.15, 0.2) is 18.2 Å². The molecule has 3 aliphatic rings. The van der Waals surface area contributed by atoms with Gasteiger partial charge in [0.05, 0.1) is 11.7 Å². The van der Waals surface area contributed by atoms with Gasteiger partial charge in [0.1, 0.15) is 0 Å². The molecule has 1 atom stereocenters. The fourth-order valence-electron chi connectivity index (χ4n) is 4.41. The Kier molecular flexibility index (Phi) is 4.97. The first-order chi connectivity index (χ1) is 13.0. The zero-order valence-electron chi connectivity index (χ0n) is 16.4. The van der Waals surface area contributed by atoms with E-state index in [1.54, 1.807) is 0 Å². The Morgan fingerprint density at radius 2 is 1.89 bits per heavy atom. The zero-order chi connectivity index (χ0) is 19.0. The molecule has 0 aromatic heterocycles. The van der Waals surface area contributed by atoms with Crippen molar-refractivity contribution in [2.24, 2.45) is 5.92 Å². The molecule has 3 fully saturated rings. The van der Waals surface area contributed by atoms with Crippen LogP contribution in [0.2, 0.25) is 0 Å². The molecule has 0 bridgehead atoms. The summed E-state index contributed by atoms with van der Waals surface area (Å²) in [6.07, 6.45) is 6.06. The Morgan fingerprint density at radius 1 is 1.15 bits per heavy atom. The Hall–Kier alpha value is -1.88. The molecule has 1 unspecified atom stereocenters. The minimum atomic E-state index is -0.0883. The maximum Gasteiger partial charge on any atom is 0.251 e. The normalized spacial score (nSPS) is 24.2. The van der Waals surface area contributed by atoms with E-state index in [1.165, 1.54) is 0 Å². The third-order valence-corrected chi connectivity index (χ3v) is 6.38. The molecular formula is C22H30N2O3. The lowest BCUT2D eigenvalue weighted by Gasteiger charge is -2.39. The highest BCUT2D eigenvalue weighted by Crippen LogP contribution is 2.40. The average Bonchev–Trinajstić information content (AvgIpc) is 3.45. The maximum atomic E-state index is 12.5. The number of rotatable bonds is 4. The number of nitrogens with one attached hydrogen (secondary N) is 1. The third-order valence-electron chi connectivity index (χ3n) is 6.38. The van der Waals surface area contributed by atoms with Gasteiger partial charge in [0.2, 0.25) is 5.91 Å². The fraction of sp³-hybridized carbons (Fsp3) is 0.636. The van der Waals surface area contributed by atoms with E-state index in [9.17, 15) is 9.59 Å². The lowest BCUT2D eigenvalue weighted by molar-refractivity contribution is -0.138. The van der Waals surface area contributed by atoms with Gasteiger partial charge in [0, 0.05) is 31.1 Å². The van der Waals surface area contributed by atoms with Crippen LogP contribution in [0.5, 0.6) is 0 Å². The number of aryl methyl sites for hydroxylation is 2. The van der Waals surface area contributed by atoms with Crippen LogP contribution < -0.4 is 5.32 Å². The van der Waals surface area contributed by atoms with Crippen molar-refractivity contribution in [1.29, 1.82) is 0 Å². The Morgan fingerprint density at radius 3 is 2.59 bits per heavy atom. The van der Waals surface area contributed by atoms with Gasteiger partial charge in [0.25, 0.3) is 5.91 Å². The molecule has 146 valence electrons. The number of hydrogen-bond acceptors (Lipinski definition) is 3. The first-order valence-electron chi connectivity index (χ1n) is 10.3. The molecule has 1 aromatic rings. The van der Waals surface area contributed by atoms with E-state index >= 15 is 0 Å². The third kappa shape index (κ3) is 4.03. The fourth-order valence-corrected chi connectivity index (χ4v) is 4.41. The molecule has 1 aliphatic carbocycles. The molecule has 1 spiro atoms. The highest BCUT2D eigenvalue weighted by Gasteiger charge is 2.44. The number of benzene rings is 1. The predicted molar refractivity (Wildman–Crippen MR) is 104 cm³/mol. The summed E-state index contributed by atoms with van der Waals surface area (Å²) >= 11 is 0. The zero-order valence-corrected chi connectivity index (χ0v) is 16.4. The van der Waals surface area contributed by atoms with Gasteiger partial charge in [-0.25, -0.2) is 0 Å². The van der Waals surface area contributed by atoms with Gasteiger partial charge < -0.3 is 15.0 Å². The molecule has 1 aromatic carbocycles. The van der Waals surface area contributed by atoms with Crippen LogP contribution in [0.25, 0.3) is 0 Å². The predicted octanol–water partition coefficient (Wildman–Crippen LogP) is 2.98. The summed E-state index contributed by atoms with van der Waals surface area (Å²) in [5, 5.41) is 3.05. The van der Waals surface area contributed by atoms with E-state index in [4.69, 9.17) is 4.74 Å². The van der Waals surface area contributed by atoms with E-state index in [1.807, 2.05) is 36.9 Å². The van der Waals surface area contributed by atoms with Crippen molar-refractivity contribution in [3.05, 3.63) is 34.9 Å². The van der Waals surface area contributed by atoms with Crippen molar-refractivity contribution < 1.29 is 14.3 Å². The molecule has 2 heterocycles. The number of piperidine rings is 1. The summed E-state index contributed by atoms with van der Waals surface area (Å²) < 4.78 is 6.38. The number of hydrogen-bond donors (Lipinski definition) is 1. The topological polar surface area (TPSA) is 58.6 Å². The molecular weight excluding hydrogens is 340 g/mol. The molecule has 2 amide bonds. The summed E-state index contributed by atoms with van der Waals surface area (Å²) in [6.45, 7) is 6.15. The average molecular weight is 370 g/mol. The first kappa shape index (κ1) is 18.5. The quantitative estimate of drug-likeness (QED) is 0.886. The van der Waals surface area contributed by atoms with Crippen molar-refractivity contribution in [1.82, 2.24) is 10.2 Å². The van der Waals surface area contributed by atoms with Crippen molar-refractivity contribution in [3.63, 3.8) is 0 Å². The highest BCUT2D eigenvalue weighted by atomic mass is 16.5. The number of ether oxygens (including phenoxy) is 1. The number of amides is 2. The van der Waals surface area contributed by atoms with Crippen LogP contribution >= 0.6 is 0 Å². The van der Waals surface area contributed by atoms with Crippen LogP contribution in [-0.4, -0.2) is 48.1 Å². The highest BCUT2D eigenvalue weighted by molar-refractivity contribution is 5.95. The van der Waals surface area contributed by atoms with Crippen LogP contribution in [0.4, 0.5) is 0 Å². The lowest BCUT2D eigenvalue weighted by Crippen LogP contribution is -2.47. The Labute approximate surface area is 161 Å². The molecule has 0 radical (unpaired) electrons. The Bertz CT molecular complexity index is 733.